The number of carbonyl (C=O) groups excluding carboxylic acids is 1. The summed E-state index contributed by atoms with van der Waals surface area (Å²) in [5.41, 5.74) is 6.08. The van der Waals surface area contributed by atoms with Crippen molar-refractivity contribution in [3.63, 3.8) is 0 Å². The van der Waals surface area contributed by atoms with Crippen LogP contribution in [-0.4, -0.2) is 24.6 Å². The van der Waals surface area contributed by atoms with E-state index in [2.05, 4.69) is 0 Å². The lowest BCUT2D eigenvalue weighted by Gasteiger charge is -2.08. The van der Waals surface area contributed by atoms with Crippen molar-refractivity contribution in [1.82, 2.24) is 0 Å². The lowest BCUT2D eigenvalue weighted by molar-refractivity contribution is -0.385. The Bertz CT molecular complexity index is 487. The van der Waals surface area contributed by atoms with Crippen molar-refractivity contribution in [3.05, 3.63) is 27.8 Å². The normalized spacial score (nSPS) is 10.0. The zero-order valence-corrected chi connectivity index (χ0v) is 10.8. The monoisotopic (exact) mass is 268 g/mol. The van der Waals surface area contributed by atoms with Gasteiger partial charge in [0.05, 0.1) is 24.3 Å². The molecule has 19 heavy (non-hydrogen) atoms. The van der Waals surface area contributed by atoms with Gasteiger partial charge < -0.3 is 15.2 Å². The van der Waals surface area contributed by atoms with Crippen molar-refractivity contribution >= 4 is 17.3 Å². The Labute approximate surface area is 110 Å². The van der Waals surface area contributed by atoms with Gasteiger partial charge in [-0.25, -0.2) is 0 Å². The Kier molecular flexibility index (Phi) is 5.11. The number of ether oxygens (including phenoxy) is 2. The van der Waals surface area contributed by atoms with Gasteiger partial charge in [0.15, 0.2) is 0 Å². The minimum atomic E-state index is -0.531. The van der Waals surface area contributed by atoms with Crippen LogP contribution < -0.4 is 10.5 Å². The van der Waals surface area contributed by atoms with Gasteiger partial charge in [-0.1, -0.05) is 0 Å². The molecule has 0 aromatic heterocycles. The van der Waals surface area contributed by atoms with Crippen LogP contribution in [-0.2, 0) is 16.0 Å². The molecule has 7 nitrogen and oxygen atoms in total. The summed E-state index contributed by atoms with van der Waals surface area (Å²) in [5, 5.41) is 10.9. The minimum Gasteiger partial charge on any atom is -0.495 e. The Morgan fingerprint density at radius 1 is 1.47 bits per heavy atom. The van der Waals surface area contributed by atoms with Crippen LogP contribution in [0.25, 0.3) is 0 Å². The summed E-state index contributed by atoms with van der Waals surface area (Å²) >= 11 is 0. The molecule has 1 aromatic carbocycles. The standard InChI is InChI=1S/C12H16N2O5/c1-3-19-12(15)5-4-8-6-11(18-2)9(13)7-10(8)14(16)17/h6-7H,3-5,13H2,1-2H3. The molecule has 0 heterocycles. The van der Waals surface area contributed by atoms with Crippen LogP contribution >= 0.6 is 0 Å². The highest BCUT2D eigenvalue weighted by Gasteiger charge is 2.18. The SMILES string of the molecule is CCOC(=O)CCc1cc(OC)c(N)cc1[N+](=O)[O-]. The molecule has 2 N–H and O–H groups in total. The number of aryl methyl sites for hydroxylation is 1. The average Bonchev–Trinajstić information content (AvgIpc) is 2.37. The summed E-state index contributed by atoms with van der Waals surface area (Å²) < 4.78 is 9.79. The summed E-state index contributed by atoms with van der Waals surface area (Å²) in [6, 6.07) is 2.71. The number of nitrogen functional groups attached to an aromatic ring is 1. The van der Waals surface area contributed by atoms with Crippen molar-refractivity contribution in [2.75, 3.05) is 19.5 Å². The number of esters is 1. The second-order valence-electron chi connectivity index (χ2n) is 3.79. The van der Waals surface area contributed by atoms with E-state index in [4.69, 9.17) is 15.2 Å². The van der Waals surface area contributed by atoms with Crippen LogP contribution in [0.1, 0.15) is 18.9 Å². The molecule has 1 aromatic rings. The van der Waals surface area contributed by atoms with Crippen LogP contribution in [0, 0.1) is 10.1 Å². The molecular formula is C12H16N2O5. The van der Waals surface area contributed by atoms with E-state index in [-0.39, 0.29) is 30.8 Å². The van der Waals surface area contributed by atoms with E-state index in [0.717, 1.165) is 0 Å². The predicted molar refractivity (Wildman–Crippen MR) is 69.0 cm³/mol. The molecular weight excluding hydrogens is 252 g/mol. The fraction of sp³-hybridized carbons (Fsp3) is 0.417. The molecule has 0 fully saturated rings. The quantitative estimate of drug-likeness (QED) is 0.364. The van der Waals surface area contributed by atoms with E-state index < -0.39 is 10.9 Å². The molecule has 0 aliphatic carbocycles. The molecule has 0 aliphatic rings. The number of hydrogen-bond donors (Lipinski definition) is 1. The number of benzene rings is 1. The fourth-order valence-corrected chi connectivity index (χ4v) is 1.64. The lowest BCUT2D eigenvalue weighted by Crippen LogP contribution is -2.07. The first-order chi connectivity index (χ1) is 8.99. The van der Waals surface area contributed by atoms with Gasteiger partial charge in [0.2, 0.25) is 0 Å². The summed E-state index contributed by atoms with van der Waals surface area (Å²) in [5.74, 6) is -0.0444. The smallest absolute Gasteiger partial charge is 0.306 e. The molecule has 0 radical (unpaired) electrons. The molecule has 0 aliphatic heterocycles. The molecule has 0 bridgehead atoms. The predicted octanol–water partition coefficient (Wildman–Crippen LogP) is 1.68. The largest absolute Gasteiger partial charge is 0.495 e. The topological polar surface area (TPSA) is 105 Å². The first kappa shape index (κ1) is 14.7. The van der Waals surface area contributed by atoms with Crippen molar-refractivity contribution in [2.45, 2.75) is 19.8 Å². The van der Waals surface area contributed by atoms with Crippen LogP contribution in [0.15, 0.2) is 12.1 Å². The number of anilines is 1. The first-order valence-electron chi connectivity index (χ1n) is 5.76. The van der Waals surface area contributed by atoms with E-state index in [1.165, 1.54) is 19.2 Å². The summed E-state index contributed by atoms with van der Waals surface area (Å²) in [7, 11) is 1.42. The lowest BCUT2D eigenvalue weighted by atomic mass is 10.1. The first-order valence-corrected chi connectivity index (χ1v) is 5.76. The Morgan fingerprint density at radius 2 is 2.16 bits per heavy atom. The van der Waals surface area contributed by atoms with Gasteiger partial charge in [0.25, 0.3) is 5.69 Å². The van der Waals surface area contributed by atoms with E-state index in [0.29, 0.717) is 11.3 Å². The number of carbonyl (C=O) groups is 1. The second kappa shape index (κ2) is 6.58. The molecule has 7 heteroatoms. The summed E-state index contributed by atoms with van der Waals surface area (Å²) in [6.07, 6.45) is 0.271. The third-order valence-electron chi connectivity index (χ3n) is 2.53. The molecule has 0 spiro atoms. The van der Waals surface area contributed by atoms with Gasteiger partial charge in [0.1, 0.15) is 5.75 Å². The van der Waals surface area contributed by atoms with E-state index in [1.807, 2.05) is 0 Å². The van der Waals surface area contributed by atoms with Crippen molar-refractivity contribution < 1.29 is 19.2 Å². The van der Waals surface area contributed by atoms with Crippen LogP contribution in [0.4, 0.5) is 11.4 Å². The number of methoxy groups -OCH3 is 1. The number of rotatable bonds is 6. The molecule has 104 valence electrons. The average molecular weight is 268 g/mol. The molecule has 0 saturated carbocycles. The Hall–Kier alpha value is -2.31. The van der Waals surface area contributed by atoms with Gasteiger partial charge in [-0.2, -0.15) is 0 Å². The van der Waals surface area contributed by atoms with Gasteiger partial charge in [-0.15, -0.1) is 0 Å². The fourth-order valence-electron chi connectivity index (χ4n) is 1.64. The second-order valence-corrected chi connectivity index (χ2v) is 3.79. The van der Waals surface area contributed by atoms with E-state index in [1.54, 1.807) is 6.92 Å². The molecule has 1 rings (SSSR count). The van der Waals surface area contributed by atoms with Gasteiger partial charge in [0, 0.05) is 18.1 Å². The van der Waals surface area contributed by atoms with Crippen molar-refractivity contribution in [1.29, 1.82) is 0 Å². The number of hydrogen-bond acceptors (Lipinski definition) is 6. The number of nitrogens with zero attached hydrogens (tertiary/aromatic N) is 1. The minimum absolute atomic E-state index is 0.0712. The van der Waals surface area contributed by atoms with Crippen molar-refractivity contribution in [2.24, 2.45) is 0 Å². The highest BCUT2D eigenvalue weighted by molar-refractivity contribution is 5.70. The molecule has 0 saturated heterocycles. The zero-order chi connectivity index (χ0) is 14.4. The summed E-state index contributed by atoms with van der Waals surface area (Å²) in [4.78, 5) is 21.7. The van der Waals surface area contributed by atoms with E-state index >= 15 is 0 Å². The highest BCUT2D eigenvalue weighted by Crippen LogP contribution is 2.31. The molecule has 0 unspecified atom stereocenters. The third kappa shape index (κ3) is 3.84. The maximum absolute atomic E-state index is 11.3. The third-order valence-corrected chi connectivity index (χ3v) is 2.53. The zero-order valence-electron chi connectivity index (χ0n) is 10.8. The van der Waals surface area contributed by atoms with Crippen LogP contribution in [0.2, 0.25) is 0 Å². The Balaban J connectivity index is 2.97. The number of nitrogens with two attached hydrogens (primary N) is 1. The Morgan fingerprint density at radius 3 is 2.68 bits per heavy atom. The maximum Gasteiger partial charge on any atom is 0.306 e. The van der Waals surface area contributed by atoms with Crippen LogP contribution in [0.5, 0.6) is 5.75 Å². The van der Waals surface area contributed by atoms with Gasteiger partial charge in [-0.05, 0) is 19.4 Å². The maximum atomic E-state index is 11.3. The van der Waals surface area contributed by atoms with E-state index in [9.17, 15) is 14.9 Å². The van der Waals surface area contributed by atoms with Crippen molar-refractivity contribution in [3.8, 4) is 5.75 Å². The van der Waals surface area contributed by atoms with Crippen LogP contribution in [0.3, 0.4) is 0 Å². The molecule has 0 amide bonds. The van der Waals surface area contributed by atoms with Gasteiger partial charge in [-0.3, -0.25) is 14.9 Å². The van der Waals surface area contributed by atoms with Gasteiger partial charge >= 0.3 is 5.97 Å². The number of nitro groups is 1. The number of nitro benzene ring substituents is 1. The highest BCUT2D eigenvalue weighted by atomic mass is 16.6. The summed E-state index contributed by atoms with van der Waals surface area (Å²) in [6.45, 7) is 1.98. The molecule has 0 atom stereocenters.